The van der Waals surface area contributed by atoms with Gasteiger partial charge in [0.2, 0.25) is 6.41 Å². The highest BCUT2D eigenvalue weighted by molar-refractivity contribution is 5.48. The molecule has 0 unspecified atom stereocenters. The van der Waals surface area contributed by atoms with Crippen LogP contribution in [0, 0.1) is 25.2 Å². The molecule has 0 aliphatic carbocycles. The first-order valence-electron chi connectivity index (χ1n) is 4.36. The van der Waals surface area contributed by atoms with Crippen molar-refractivity contribution in [2.24, 2.45) is 0 Å². The molecular weight excluding hydrogens is 176 g/mol. The molecule has 1 rings (SSSR count). The molecule has 0 radical (unpaired) electrons. The second kappa shape index (κ2) is 4.43. The average molecular weight is 188 g/mol. The van der Waals surface area contributed by atoms with Crippen LogP contribution in [-0.4, -0.2) is 6.41 Å². The van der Waals surface area contributed by atoms with Crippen molar-refractivity contribution in [2.45, 2.75) is 20.4 Å². The van der Waals surface area contributed by atoms with E-state index in [1.165, 1.54) is 0 Å². The van der Waals surface area contributed by atoms with Crippen LogP contribution in [-0.2, 0) is 11.3 Å². The minimum absolute atomic E-state index is 0.521. The first-order chi connectivity index (χ1) is 6.69. The van der Waals surface area contributed by atoms with E-state index in [2.05, 4.69) is 11.4 Å². The normalized spacial score (nSPS) is 9.21. The molecule has 0 fully saturated rings. The van der Waals surface area contributed by atoms with Gasteiger partial charge in [-0.05, 0) is 42.7 Å². The molecule has 0 saturated heterocycles. The van der Waals surface area contributed by atoms with E-state index in [1.807, 2.05) is 26.0 Å². The fourth-order valence-corrected chi connectivity index (χ4v) is 1.48. The zero-order chi connectivity index (χ0) is 10.6. The van der Waals surface area contributed by atoms with Gasteiger partial charge in [-0.2, -0.15) is 5.26 Å². The van der Waals surface area contributed by atoms with Crippen molar-refractivity contribution in [1.82, 2.24) is 5.32 Å². The smallest absolute Gasteiger partial charge is 0.207 e. The summed E-state index contributed by atoms with van der Waals surface area (Å²) in [7, 11) is 0. The number of benzene rings is 1. The van der Waals surface area contributed by atoms with Gasteiger partial charge in [-0.3, -0.25) is 4.79 Å². The van der Waals surface area contributed by atoms with E-state index in [0.29, 0.717) is 18.5 Å². The van der Waals surface area contributed by atoms with Crippen molar-refractivity contribution < 1.29 is 4.79 Å². The monoisotopic (exact) mass is 188 g/mol. The van der Waals surface area contributed by atoms with Crippen molar-refractivity contribution in [2.75, 3.05) is 0 Å². The molecule has 0 bridgehead atoms. The van der Waals surface area contributed by atoms with Gasteiger partial charge in [-0.15, -0.1) is 0 Å². The summed E-state index contributed by atoms with van der Waals surface area (Å²) >= 11 is 0. The van der Waals surface area contributed by atoms with Gasteiger partial charge < -0.3 is 5.32 Å². The van der Waals surface area contributed by atoms with Gasteiger partial charge in [0.25, 0.3) is 0 Å². The number of hydrogen-bond donors (Lipinski definition) is 1. The predicted molar refractivity (Wildman–Crippen MR) is 53.5 cm³/mol. The van der Waals surface area contributed by atoms with E-state index < -0.39 is 0 Å². The lowest BCUT2D eigenvalue weighted by Gasteiger charge is -2.09. The average Bonchev–Trinajstić information content (AvgIpc) is 2.16. The summed E-state index contributed by atoms with van der Waals surface area (Å²) in [5.74, 6) is 0. The van der Waals surface area contributed by atoms with Crippen LogP contribution < -0.4 is 5.32 Å². The van der Waals surface area contributed by atoms with Crippen LogP contribution in [0.3, 0.4) is 0 Å². The van der Waals surface area contributed by atoms with E-state index in [0.717, 1.165) is 16.7 Å². The third-order valence-electron chi connectivity index (χ3n) is 2.19. The number of nitriles is 1. The van der Waals surface area contributed by atoms with E-state index in [9.17, 15) is 4.79 Å². The maximum absolute atomic E-state index is 10.2. The van der Waals surface area contributed by atoms with Gasteiger partial charge in [0.05, 0.1) is 11.6 Å². The summed E-state index contributed by atoms with van der Waals surface area (Å²) in [6.45, 7) is 4.40. The van der Waals surface area contributed by atoms with Crippen molar-refractivity contribution in [1.29, 1.82) is 5.26 Å². The zero-order valence-electron chi connectivity index (χ0n) is 8.29. The fourth-order valence-electron chi connectivity index (χ4n) is 1.48. The predicted octanol–water partition coefficient (Wildman–Crippen LogP) is 1.42. The molecule has 1 amide bonds. The minimum atomic E-state index is 0.521. The van der Waals surface area contributed by atoms with Crippen LogP contribution >= 0.6 is 0 Å². The molecule has 0 spiro atoms. The Bertz CT molecular complexity index is 368. The van der Waals surface area contributed by atoms with E-state index in [4.69, 9.17) is 5.26 Å². The molecule has 0 heterocycles. The summed E-state index contributed by atoms with van der Waals surface area (Å²) in [4.78, 5) is 10.2. The molecule has 1 aromatic rings. The Morgan fingerprint density at radius 1 is 1.43 bits per heavy atom. The third-order valence-corrected chi connectivity index (χ3v) is 2.19. The Morgan fingerprint density at radius 2 is 2.00 bits per heavy atom. The van der Waals surface area contributed by atoms with Crippen molar-refractivity contribution in [3.05, 3.63) is 34.4 Å². The molecule has 0 aliphatic rings. The Hall–Kier alpha value is -1.82. The molecule has 72 valence electrons. The van der Waals surface area contributed by atoms with Crippen LogP contribution in [0.15, 0.2) is 12.1 Å². The van der Waals surface area contributed by atoms with Gasteiger partial charge in [-0.1, -0.05) is 0 Å². The second-order valence-electron chi connectivity index (χ2n) is 3.20. The lowest BCUT2D eigenvalue weighted by Crippen LogP contribution is -2.12. The van der Waals surface area contributed by atoms with Gasteiger partial charge in [0.15, 0.2) is 0 Å². The lowest BCUT2D eigenvalue weighted by atomic mass is 10.00. The third kappa shape index (κ3) is 2.11. The number of nitrogens with zero attached hydrogens (tertiary/aromatic N) is 1. The number of carbonyl (C=O) groups excluding carboxylic acids is 1. The first-order valence-corrected chi connectivity index (χ1v) is 4.36. The summed E-state index contributed by atoms with van der Waals surface area (Å²) in [6, 6.07) is 5.76. The van der Waals surface area contributed by atoms with Gasteiger partial charge in [0, 0.05) is 6.54 Å². The molecule has 0 aromatic heterocycles. The molecular formula is C11H12N2O. The fraction of sp³-hybridized carbons (Fsp3) is 0.273. The Balaban J connectivity index is 3.06. The Labute approximate surface area is 83.4 Å². The first kappa shape index (κ1) is 10.3. The maximum Gasteiger partial charge on any atom is 0.207 e. The number of carbonyl (C=O) groups is 1. The summed E-state index contributed by atoms with van der Waals surface area (Å²) in [5.41, 5.74) is 3.82. The highest BCUT2D eigenvalue weighted by atomic mass is 16.1. The molecule has 0 saturated carbocycles. The Morgan fingerprint density at radius 3 is 2.43 bits per heavy atom. The van der Waals surface area contributed by atoms with Crippen molar-refractivity contribution >= 4 is 6.41 Å². The van der Waals surface area contributed by atoms with Gasteiger partial charge in [-0.25, -0.2) is 0 Å². The molecule has 1 aromatic carbocycles. The SMILES string of the molecule is Cc1cc(C#N)cc(C)c1CNC=O. The van der Waals surface area contributed by atoms with Crippen LogP contribution in [0.4, 0.5) is 0 Å². The largest absolute Gasteiger partial charge is 0.355 e. The number of nitrogens with one attached hydrogen (secondary N) is 1. The number of hydrogen-bond acceptors (Lipinski definition) is 2. The highest BCUT2D eigenvalue weighted by Crippen LogP contribution is 2.15. The number of amides is 1. The zero-order valence-corrected chi connectivity index (χ0v) is 8.29. The molecule has 3 heteroatoms. The summed E-state index contributed by atoms with van der Waals surface area (Å²) in [6.07, 6.45) is 0.678. The molecule has 3 nitrogen and oxygen atoms in total. The lowest BCUT2D eigenvalue weighted by molar-refractivity contribution is -0.109. The number of rotatable bonds is 3. The van der Waals surface area contributed by atoms with E-state index >= 15 is 0 Å². The number of aryl methyl sites for hydroxylation is 2. The van der Waals surface area contributed by atoms with Crippen LogP contribution in [0.2, 0.25) is 0 Å². The van der Waals surface area contributed by atoms with Crippen LogP contribution in [0.1, 0.15) is 22.3 Å². The summed E-state index contributed by atoms with van der Waals surface area (Å²) in [5, 5.41) is 11.4. The molecule has 1 N–H and O–H groups in total. The standard InChI is InChI=1S/C11H12N2O/c1-8-3-10(5-12)4-9(2)11(8)6-13-7-14/h3-4,7H,6H2,1-2H3,(H,13,14). The van der Waals surface area contributed by atoms with Gasteiger partial charge >= 0.3 is 0 Å². The minimum Gasteiger partial charge on any atom is -0.355 e. The Kier molecular flexibility index (Phi) is 3.24. The quantitative estimate of drug-likeness (QED) is 0.729. The second-order valence-corrected chi connectivity index (χ2v) is 3.20. The maximum atomic E-state index is 10.2. The van der Waals surface area contributed by atoms with Crippen LogP contribution in [0.5, 0.6) is 0 Å². The van der Waals surface area contributed by atoms with Crippen molar-refractivity contribution in [3.8, 4) is 6.07 Å². The molecule has 14 heavy (non-hydrogen) atoms. The molecule has 0 aliphatic heterocycles. The van der Waals surface area contributed by atoms with Crippen LogP contribution in [0.25, 0.3) is 0 Å². The summed E-state index contributed by atoms with van der Waals surface area (Å²) < 4.78 is 0. The highest BCUT2D eigenvalue weighted by Gasteiger charge is 2.03. The van der Waals surface area contributed by atoms with Gasteiger partial charge in [0.1, 0.15) is 0 Å². The molecule has 0 atom stereocenters. The van der Waals surface area contributed by atoms with Crippen molar-refractivity contribution in [3.63, 3.8) is 0 Å². The van der Waals surface area contributed by atoms with E-state index in [1.54, 1.807) is 0 Å². The van der Waals surface area contributed by atoms with E-state index in [-0.39, 0.29) is 0 Å². The topological polar surface area (TPSA) is 52.9 Å².